The third-order valence-corrected chi connectivity index (χ3v) is 3.10. The second-order valence-corrected chi connectivity index (χ2v) is 4.72. The maximum atomic E-state index is 4.51. The number of fused-ring (bicyclic) bond motifs is 1. The molecule has 5 heteroatoms. The van der Waals surface area contributed by atoms with Crippen molar-refractivity contribution in [3.63, 3.8) is 0 Å². The number of rotatable bonds is 5. The van der Waals surface area contributed by atoms with E-state index in [0.717, 1.165) is 35.4 Å². The van der Waals surface area contributed by atoms with E-state index in [1.54, 1.807) is 18.6 Å². The SMILES string of the molecule is CCCNc1cncc(Nc2cccc3ncccc23)n1. The Morgan fingerprint density at radius 3 is 2.86 bits per heavy atom. The summed E-state index contributed by atoms with van der Waals surface area (Å²) in [6, 6.07) is 9.95. The summed E-state index contributed by atoms with van der Waals surface area (Å²) in [6.07, 6.45) is 6.29. The highest BCUT2D eigenvalue weighted by Gasteiger charge is 2.03. The molecule has 0 aliphatic rings. The third kappa shape index (κ3) is 3.08. The highest BCUT2D eigenvalue weighted by molar-refractivity contribution is 5.92. The van der Waals surface area contributed by atoms with Crippen LogP contribution in [-0.4, -0.2) is 21.5 Å². The lowest BCUT2D eigenvalue weighted by molar-refractivity contribution is 0.965. The average molecular weight is 279 g/mol. The van der Waals surface area contributed by atoms with Crippen molar-refractivity contribution in [1.29, 1.82) is 0 Å². The van der Waals surface area contributed by atoms with Gasteiger partial charge in [0, 0.05) is 23.8 Å². The Morgan fingerprint density at radius 1 is 1.05 bits per heavy atom. The first kappa shape index (κ1) is 13.3. The lowest BCUT2D eigenvalue weighted by atomic mass is 10.2. The summed E-state index contributed by atoms with van der Waals surface area (Å²) in [5.41, 5.74) is 1.93. The molecule has 0 aliphatic carbocycles. The minimum atomic E-state index is 0.715. The smallest absolute Gasteiger partial charge is 0.151 e. The van der Waals surface area contributed by atoms with Crippen LogP contribution >= 0.6 is 0 Å². The van der Waals surface area contributed by atoms with Gasteiger partial charge in [0.25, 0.3) is 0 Å². The Kier molecular flexibility index (Phi) is 3.91. The van der Waals surface area contributed by atoms with Gasteiger partial charge in [-0.15, -0.1) is 0 Å². The number of hydrogen-bond donors (Lipinski definition) is 2. The van der Waals surface area contributed by atoms with Crippen molar-refractivity contribution >= 4 is 28.2 Å². The van der Waals surface area contributed by atoms with Crippen molar-refractivity contribution in [2.24, 2.45) is 0 Å². The van der Waals surface area contributed by atoms with Crippen LogP contribution in [0.4, 0.5) is 17.3 Å². The molecule has 0 atom stereocenters. The summed E-state index contributed by atoms with van der Waals surface area (Å²) in [6.45, 7) is 3.00. The Morgan fingerprint density at radius 2 is 1.95 bits per heavy atom. The number of nitrogens with one attached hydrogen (secondary N) is 2. The molecule has 0 radical (unpaired) electrons. The first-order chi connectivity index (χ1) is 10.4. The average Bonchev–Trinajstić information content (AvgIpc) is 2.54. The molecule has 0 saturated heterocycles. The molecule has 0 bridgehead atoms. The summed E-state index contributed by atoms with van der Waals surface area (Å²) in [5.74, 6) is 1.49. The summed E-state index contributed by atoms with van der Waals surface area (Å²) in [5, 5.41) is 7.61. The van der Waals surface area contributed by atoms with Crippen LogP contribution in [0.1, 0.15) is 13.3 Å². The molecular weight excluding hydrogens is 262 g/mol. The lowest BCUT2D eigenvalue weighted by Gasteiger charge is -2.10. The van der Waals surface area contributed by atoms with Crippen molar-refractivity contribution in [2.45, 2.75) is 13.3 Å². The minimum absolute atomic E-state index is 0.715. The zero-order valence-electron chi connectivity index (χ0n) is 11.9. The summed E-state index contributed by atoms with van der Waals surface area (Å²) in [4.78, 5) is 13.1. The standard InChI is InChI=1S/C16H17N5/c1-2-8-19-15-10-17-11-16(21-15)20-14-7-3-6-13-12(14)5-4-9-18-13/h3-7,9-11H,2,8H2,1H3,(H2,19,20,21). The molecule has 3 aromatic rings. The van der Waals surface area contributed by atoms with Gasteiger partial charge in [-0.3, -0.25) is 9.97 Å². The monoisotopic (exact) mass is 279 g/mol. The molecule has 0 aliphatic heterocycles. The third-order valence-electron chi connectivity index (χ3n) is 3.10. The molecule has 1 aromatic carbocycles. The van der Waals surface area contributed by atoms with E-state index < -0.39 is 0 Å². The minimum Gasteiger partial charge on any atom is -0.369 e. The molecule has 0 amide bonds. The van der Waals surface area contributed by atoms with E-state index in [1.165, 1.54) is 0 Å². The van der Waals surface area contributed by atoms with E-state index in [4.69, 9.17) is 0 Å². The number of hydrogen-bond acceptors (Lipinski definition) is 5. The van der Waals surface area contributed by atoms with Crippen LogP contribution in [0.3, 0.4) is 0 Å². The second kappa shape index (κ2) is 6.17. The van der Waals surface area contributed by atoms with Crippen molar-refractivity contribution in [2.75, 3.05) is 17.2 Å². The van der Waals surface area contributed by atoms with Gasteiger partial charge >= 0.3 is 0 Å². The zero-order chi connectivity index (χ0) is 14.5. The molecule has 3 rings (SSSR count). The van der Waals surface area contributed by atoms with Gasteiger partial charge in [-0.2, -0.15) is 0 Å². The fraction of sp³-hybridized carbons (Fsp3) is 0.188. The molecule has 21 heavy (non-hydrogen) atoms. The predicted octanol–water partition coefficient (Wildman–Crippen LogP) is 3.59. The fourth-order valence-electron chi connectivity index (χ4n) is 2.11. The van der Waals surface area contributed by atoms with Crippen LogP contribution < -0.4 is 10.6 Å². The molecule has 0 saturated carbocycles. The van der Waals surface area contributed by atoms with E-state index in [0.29, 0.717) is 5.82 Å². The summed E-state index contributed by atoms with van der Waals surface area (Å²) >= 11 is 0. The largest absolute Gasteiger partial charge is 0.369 e. The molecule has 2 aromatic heterocycles. The quantitative estimate of drug-likeness (QED) is 0.747. The van der Waals surface area contributed by atoms with E-state index in [1.807, 2.05) is 30.3 Å². The van der Waals surface area contributed by atoms with Gasteiger partial charge in [0.15, 0.2) is 5.82 Å². The number of benzene rings is 1. The van der Waals surface area contributed by atoms with Crippen LogP contribution in [-0.2, 0) is 0 Å². The van der Waals surface area contributed by atoms with Gasteiger partial charge in [0.05, 0.1) is 17.9 Å². The Hall–Kier alpha value is -2.69. The summed E-state index contributed by atoms with van der Waals surface area (Å²) < 4.78 is 0. The van der Waals surface area contributed by atoms with Crippen LogP contribution in [0.25, 0.3) is 10.9 Å². The molecule has 0 unspecified atom stereocenters. The van der Waals surface area contributed by atoms with Crippen LogP contribution in [0.2, 0.25) is 0 Å². The Bertz CT molecular complexity index is 736. The van der Waals surface area contributed by atoms with Gasteiger partial charge in [0.2, 0.25) is 0 Å². The van der Waals surface area contributed by atoms with Gasteiger partial charge in [-0.25, -0.2) is 4.98 Å². The predicted molar refractivity (Wildman–Crippen MR) is 85.8 cm³/mol. The van der Waals surface area contributed by atoms with Gasteiger partial charge < -0.3 is 10.6 Å². The van der Waals surface area contributed by atoms with Crippen molar-refractivity contribution in [3.8, 4) is 0 Å². The number of anilines is 3. The Balaban J connectivity index is 1.88. The van der Waals surface area contributed by atoms with Gasteiger partial charge in [0.1, 0.15) is 5.82 Å². The van der Waals surface area contributed by atoms with Gasteiger partial charge in [-0.1, -0.05) is 13.0 Å². The Labute approximate surface area is 123 Å². The number of nitrogens with zero attached hydrogens (tertiary/aromatic N) is 3. The van der Waals surface area contributed by atoms with Crippen molar-refractivity contribution < 1.29 is 0 Å². The molecule has 0 spiro atoms. The van der Waals surface area contributed by atoms with E-state index in [2.05, 4.69) is 32.5 Å². The van der Waals surface area contributed by atoms with E-state index >= 15 is 0 Å². The molecule has 0 fully saturated rings. The highest BCUT2D eigenvalue weighted by Crippen LogP contribution is 2.24. The maximum absolute atomic E-state index is 4.51. The fourth-order valence-corrected chi connectivity index (χ4v) is 2.11. The highest BCUT2D eigenvalue weighted by atomic mass is 15.1. The maximum Gasteiger partial charge on any atom is 0.151 e. The molecule has 106 valence electrons. The van der Waals surface area contributed by atoms with E-state index in [-0.39, 0.29) is 0 Å². The molecular formula is C16H17N5. The number of aromatic nitrogens is 3. The molecule has 2 N–H and O–H groups in total. The first-order valence-corrected chi connectivity index (χ1v) is 7.03. The first-order valence-electron chi connectivity index (χ1n) is 7.03. The van der Waals surface area contributed by atoms with Crippen molar-refractivity contribution in [1.82, 2.24) is 15.0 Å². The molecule has 5 nitrogen and oxygen atoms in total. The number of pyridine rings is 1. The van der Waals surface area contributed by atoms with E-state index in [9.17, 15) is 0 Å². The topological polar surface area (TPSA) is 62.7 Å². The van der Waals surface area contributed by atoms with Crippen LogP contribution in [0.15, 0.2) is 48.9 Å². The zero-order valence-corrected chi connectivity index (χ0v) is 11.9. The van der Waals surface area contributed by atoms with Crippen LogP contribution in [0.5, 0.6) is 0 Å². The lowest BCUT2D eigenvalue weighted by Crippen LogP contribution is -2.04. The molecule has 2 heterocycles. The summed E-state index contributed by atoms with van der Waals surface area (Å²) in [7, 11) is 0. The van der Waals surface area contributed by atoms with Gasteiger partial charge in [-0.05, 0) is 30.7 Å². The second-order valence-electron chi connectivity index (χ2n) is 4.72. The van der Waals surface area contributed by atoms with Crippen LogP contribution in [0, 0.1) is 0 Å². The van der Waals surface area contributed by atoms with Crippen molar-refractivity contribution in [3.05, 3.63) is 48.9 Å². The normalized spacial score (nSPS) is 10.5.